The maximum Gasteiger partial charge on any atom is 0.316 e. The Kier molecular flexibility index (Phi) is 6.02. The zero-order valence-electron chi connectivity index (χ0n) is 21.0. The van der Waals surface area contributed by atoms with Crippen molar-refractivity contribution in [2.45, 2.75) is 40.5 Å². The summed E-state index contributed by atoms with van der Waals surface area (Å²) in [5.74, 6) is -1.82. The van der Waals surface area contributed by atoms with Crippen molar-refractivity contribution in [3.8, 4) is 5.75 Å². The van der Waals surface area contributed by atoms with Gasteiger partial charge < -0.3 is 9.64 Å². The molecule has 3 aliphatic rings. The molecule has 2 heterocycles. The van der Waals surface area contributed by atoms with Gasteiger partial charge in [-0.25, -0.2) is 4.90 Å². The topological polar surface area (TPSA) is 84.0 Å². The van der Waals surface area contributed by atoms with E-state index in [1.54, 1.807) is 30.0 Å². The van der Waals surface area contributed by atoms with E-state index in [9.17, 15) is 19.2 Å². The maximum atomic E-state index is 13.1. The summed E-state index contributed by atoms with van der Waals surface area (Å²) in [6, 6.07) is 10.8. The van der Waals surface area contributed by atoms with Gasteiger partial charge in [0.05, 0.1) is 23.4 Å². The second kappa shape index (κ2) is 9.04. The van der Waals surface area contributed by atoms with E-state index >= 15 is 0 Å². The van der Waals surface area contributed by atoms with Gasteiger partial charge in [-0.2, -0.15) is 0 Å². The number of carbonyl (C=O) groups excluding carboxylic acids is 4. The largest absolute Gasteiger partial charge is 0.426 e. The van der Waals surface area contributed by atoms with Crippen molar-refractivity contribution in [2.24, 2.45) is 23.7 Å². The van der Waals surface area contributed by atoms with Crippen molar-refractivity contribution in [2.75, 3.05) is 16.3 Å². The van der Waals surface area contributed by atoms with E-state index < -0.39 is 11.9 Å². The lowest BCUT2D eigenvalue weighted by molar-refractivity contribution is -0.139. The molecule has 0 aromatic heterocycles. The Balaban J connectivity index is 1.29. The van der Waals surface area contributed by atoms with Gasteiger partial charge in [-0.1, -0.05) is 36.8 Å². The van der Waals surface area contributed by atoms with Gasteiger partial charge in [0.25, 0.3) is 0 Å². The zero-order valence-corrected chi connectivity index (χ0v) is 21.0. The van der Waals surface area contributed by atoms with Crippen LogP contribution in [0.1, 0.15) is 36.5 Å². The lowest BCUT2D eigenvalue weighted by Gasteiger charge is -2.22. The smallest absolute Gasteiger partial charge is 0.316 e. The molecule has 7 nitrogen and oxygen atoms in total. The van der Waals surface area contributed by atoms with Gasteiger partial charge in [0.1, 0.15) is 5.75 Å². The molecule has 2 fully saturated rings. The predicted octanol–water partition coefficient (Wildman–Crippen LogP) is 4.27. The summed E-state index contributed by atoms with van der Waals surface area (Å²) in [6.45, 7) is 7.97. The first-order valence-electron chi connectivity index (χ1n) is 12.4. The molecular weight excluding hydrogens is 456 g/mol. The van der Waals surface area contributed by atoms with Crippen molar-refractivity contribution in [1.82, 2.24) is 0 Å². The molecule has 2 aromatic rings. The van der Waals surface area contributed by atoms with Gasteiger partial charge in [0, 0.05) is 18.7 Å². The fourth-order valence-electron chi connectivity index (χ4n) is 5.73. The number of ether oxygens (including phenoxy) is 1. The molecule has 0 unspecified atom stereocenters. The number of hydrogen-bond acceptors (Lipinski definition) is 5. The molecule has 4 atom stereocenters. The minimum absolute atomic E-state index is 0.0168. The van der Waals surface area contributed by atoms with Gasteiger partial charge in [0.2, 0.25) is 17.7 Å². The van der Waals surface area contributed by atoms with Gasteiger partial charge in [-0.3, -0.25) is 19.2 Å². The summed E-state index contributed by atoms with van der Waals surface area (Å²) in [5.41, 5.74) is 4.09. The number of nitrogens with zero attached hydrogens (tertiary/aromatic N) is 2. The highest BCUT2D eigenvalue weighted by Gasteiger charge is 2.50. The zero-order chi connectivity index (χ0) is 25.7. The van der Waals surface area contributed by atoms with Crippen LogP contribution in [0.25, 0.3) is 0 Å². The molecule has 186 valence electrons. The normalized spacial score (nSPS) is 25.5. The van der Waals surface area contributed by atoms with Gasteiger partial charge >= 0.3 is 5.97 Å². The maximum absolute atomic E-state index is 13.1. The van der Waals surface area contributed by atoms with Crippen molar-refractivity contribution >= 4 is 35.1 Å². The number of allylic oxidation sites excluding steroid dienone is 2. The predicted molar refractivity (Wildman–Crippen MR) is 136 cm³/mol. The average molecular weight is 487 g/mol. The van der Waals surface area contributed by atoms with E-state index in [1.165, 1.54) is 4.90 Å². The van der Waals surface area contributed by atoms with E-state index in [-0.39, 0.29) is 48.4 Å². The van der Waals surface area contributed by atoms with Crippen LogP contribution in [0.4, 0.5) is 11.4 Å². The average Bonchev–Trinajstić information content (AvgIpc) is 3.32. The summed E-state index contributed by atoms with van der Waals surface area (Å²) in [6.07, 6.45) is 4.64. The molecule has 7 heteroatoms. The second-order valence-electron chi connectivity index (χ2n) is 10.2. The number of rotatable bonds is 4. The second-order valence-corrected chi connectivity index (χ2v) is 10.2. The van der Waals surface area contributed by atoms with E-state index in [1.807, 2.05) is 51.1 Å². The third kappa shape index (κ3) is 4.02. The molecule has 36 heavy (non-hydrogen) atoms. The molecule has 0 spiro atoms. The molecule has 3 amide bonds. The molecule has 2 saturated heterocycles. The number of anilines is 2. The number of imide groups is 1. The number of hydrogen-bond donors (Lipinski definition) is 0. The Morgan fingerprint density at radius 2 is 1.67 bits per heavy atom. The summed E-state index contributed by atoms with van der Waals surface area (Å²) in [7, 11) is 0. The van der Waals surface area contributed by atoms with Crippen LogP contribution < -0.4 is 14.5 Å². The molecule has 0 N–H and O–H groups in total. The van der Waals surface area contributed by atoms with E-state index in [4.69, 9.17) is 4.74 Å². The van der Waals surface area contributed by atoms with Gasteiger partial charge in [-0.15, -0.1) is 0 Å². The standard InChI is InChI=1S/C29H30N2O5/c1-16-8-10-23(18(3)12-16)30-15-20(14-25(30)32)29(35)36-21-9-11-24(19(4)13-21)31-27(33)22-7-5-6-17(2)26(22)28(31)34/h5-6,8-13,17,20,22,26H,7,14-15H2,1-4H3/t17-,20+,22+,26+/m0/s1. The van der Waals surface area contributed by atoms with E-state index in [2.05, 4.69) is 0 Å². The molecular formula is C29H30N2O5. The lowest BCUT2D eigenvalue weighted by Crippen LogP contribution is -2.32. The Bertz CT molecular complexity index is 1310. The van der Waals surface area contributed by atoms with E-state index in [0.717, 1.165) is 16.8 Å². The van der Waals surface area contributed by atoms with Crippen LogP contribution in [0.3, 0.4) is 0 Å². The van der Waals surface area contributed by atoms with Crippen LogP contribution >= 0.6 is 0 Å². The van der Waals surface area contributed by atoms with Crippen molar-refractivity contribution < 1.29 is 23.9 Å². The molecule has 0 bridgehead atoms. The first-order chi connectivity index (χ1) is 17.2. The van der Waals surface area contributed by atoms with Crippen molar-refractivity contribution in [3.63, 3.8) is 0 Å². The van der Waals surface area contributed by atoms with Crippen molar-refractivity contribution in [3.05, 3.63) is 65.2 Å². The highest BCUT2D eigenvalue weighted by Crippen LogP contribution is 2.41. The molecule has 0 radical (unpaired) electrons. The SMILES string of the molecule is Cc1ccc(N2C[C@H](C(=O)Oc3ccc(N4C(=O)[C@@H]5[C@@H](C)C=CC[C@H]5C4=O)c(C)c3)CC2=O)c(C)c1. The number of carbonyl (C=O) groups is 4. The van der Waals surface area contributed by atoms with Crippen LogP contribution in [0.15, 0.2) is 48.6 Å². The molecule has 0 saturated carbocycles. The Morgan fingerprint density at radius 3 is 2.36 bits per heavy atom. The lowest BCUT2D eigenvalue weighted by atomic mass is 9.78. The van der Waals surface area contributed by atoms with Crippen LogP contribution in [-0.4, -0.2) is 30.2 Å². The third-order valence-electron chi connectivity index (χ3n) is 7.60. The molecule has 2 aromatic carbocycles. The minimum Gasteiger partial charge on any atom is -0.426 e. The Labute approximate surface area is 210 Å². The molecule has 2 aliphatic heterocycles. The third-order valence-corrected chi connectivity index (χ3v) is 7.60. The van der Waals surface area contributed by atoms with Crippen LogP contribution in [-0.2, 0) is 19.2 Å². The number of amides is 3. The number of benzene rings is 2. The Morgan fingerprint density at radius 1 is 0.944 bits per heavy atom. The van der Waals surface area contributed by atoms with Gasteiger partial charge in [0.15, 0.2) is 0 Å². The molecule has 1 aliphatic carbocycles. The van der Waals surface area contributed by atoms with Gasteiger partial charge in [-0.05, 0) is 68.5 Å². The number of esters is 1. The summed E-state index contributed by atoms with van der Waals surface area (Å²) in [4.78, 5) is 54.7. The number of aryl methyl sites for hydroxylation is 3. The highest BCUT2D eigenvalue weighted by atomic mass is 16.5. The number of fused-ring (bicyclic) bond motifs is 1. The summed E-state index contributed by atoms with van der Waals surface area (Å²) >= 11 is 0. The molecule has 5 rings (SSSR count). The fourth-order valence-corrected chi connectivity index (χ4v) is 5.73. The van der Waals surface area contributed by atoms with Crippen LogP contribution in [0.5, 0.6) is 5.75 Å². The highest BCUT2D eigenvalue weighted by molar-refractivity contribution is 6.22. The monoisotopic (exact) mass is 486 g/mol. The first kappa shape index (κ1) is 24.0. The van der Waals surface area contributed by atoms with E-state index in [0.29, 0.717) is 23.4 Å². The van der Waals surface area contributed by atoms with Crippen LogP contribution in [0.2, 0.25) is 0 Å². The fraction of sp³-hybridized carbons (Fsp3) is 0.379. The quantitative estimate of drug-likeness (QED) is 0.279. The van der Waals surface area contributed by atoms with Crippen LogP contribution in [0, 0.1) is 44.4 Å². The minimum atomic E-state index is -0.572. The summed E-state index contributed by atoms with van der Waals surface area (Å²) in [5, 5.41) is 0. The first-order valence-corrected chi connectivity index (χ1v) is 12.4. The Hall–Kier alpha value is -3.74. The summed E-state index contributed by atoms with van der Waals surface area (Å²) < 4.78 is 5.63. The van der Waals surface area contributed by atoms with Crippen molar-refractivity contribution in [1.29, 1.82) is 0 Å².